The summed E-state index contributed by atoms with van der Waals surface area (Å²) in [6.07, 6.45) is 10.3. The van der Waals surface area contributed by atoms with E-state index in [9.17, 15) is 0 Å². The number of aromatic nitrogens is 1. The molecular weight excluding hydrogens is 148 g/mol. The molecule has 0 saturated carbocycles. The van der Waals surface area contributed by atoms with Crippen molar-refractivity contribution in [3.63, 3.8) is 0 Å². The van der Waals surface area contributed by atoms with Crippen molar-refractivity contribution in [2.75, 3.05) is 5.32 Å². The lowest BCUT2D eigenvalue weighted by Crippen LogP contribution is -2.14. The second-order valence-corrected chi connectivity index (χ2v) is 3.02. The van der Waals surface area contributed by atoms with E-state index >= 15 is 0 Å². The summed E-state index contributed by atoms with van der Waals surface area (Å²) in [5.74, 6) is 0. The third-order valence-corrected chi connectivity index (χ3v) is 2.06. The summed E-state index contributed by atoms with van der Waals surface area (Å²) in [5.41, 5.74) is 1.17. The van der Waals surface area contributed by atoms with Gasteiger partial charge in [0, 0.05) is 24.1 Å². The highest BCUT2D eigenvalue weighted by Gasteiger charge is 2.08. The van der Waals surface area contributed by atoms with Gasteiger partial charge in [0.15, 0.2) is 0 Å². The standard InChI is InChI=1S/C10H12N2/c1-2-4-9(3-1)12-10-5-7-11-8-6-10/h1-2,5-9H,3-4H2,(H,11,12). The van der Waals surface area contributed by atoms with E-state index in [1.165, 1.54) is 5.69 Å². The topological polar surface area (TPSA) is 24.9 Å². The summed E-state index contributed by atoms with van der Waals surface area (Å²) in [7, 11) is 0. The van der Waals surface area contributed by atoms with Crippen LogP contribution in [0.4, 0.5) is 5.69 Å². The van der Waals surface area contributed by atoms with Gasteiger partial charge in [-0.15, -0.1) is 0 Å². The molecule has 2 nitrogen and oxygen atoms in total. The van der Waals surface area contributed by atoms with E-state index in [1.54, 1.807) is 0 Å². The van der Waals surface area contributed by atoms with E-state index in [1.807, 2.05) is 24.5 Å². The van der Waals surface area contributed by atoms with Crippen LogP contribution in [0, 0.1) is 0 Å². The molecule has 1 aromatic rings. The predicted octanol–water partition coefficient (Wildman–Crippen LogP) is 2.21. The van der Waals surface area contributed by atoms with Crippen LogP contribution in [0.2, 0.25) is 0 Å². The van der Waals surface area contributed by atoms with Crippen molar-refractivity contribution in [2.45, 2.75) is 18.9 Å². The normalized spacial score (nSPS) is 16.7. The van der Waals surface area contributed by atoms with E-state index < -0.39 is 0 Å². The Kier molecular flexibility index (Phi) is 2.08. The SMILES string of the molecule is C1=CCC(Nc2ccncc2)C1. The second-order valence-electron chi connectivity index (χ2n) is 3.02. The maximum absolute atomic E-state index is 3.96. The first kappa shape index (κ1) is 7.35. The monoisotopic (exact) mass is 160 g/mol. The first-order valence-corrected chi connectivity index (χ1v) is 4.27. The van der Waals surface area contributed by atoms with Crippen molar-refractivity contribution in [2.24, 2.45) is 0 Å². The molecule has 1 aliphatic carbocycles. The van der Waals surface area contributed by atoms with E-state index in [-0.39, 0.29) is 0 Å². The van der Waals surface area contributed by atoms with Crippen LogP contribution in [0.1, 0.15) is 12.8 Å². The number of hydrogen-bond donors (Lipinski definition) is 1. The third-order valence-electron chi connectivity index (χ3n) is 2.06. The summed E-state index contributed by atoms with van der Waals surface area (Å²) < 4.78 is 0. The molecule has 0 aromatic carbocycles. The number of pyridine rings is 1. The molecule has 1 aliphatic rings. The molecule has 62 valence electrons. The first-order chi connectivity index (χ1) is 5.95. The molecular formula is C10H12N2. The van der Waals surface area contributed by atoms with Crippen molar-refractivity contribution in [3.8, 4) is 0 Å². The van der Waals surface area contributed by atoms with Crippen LogP contribution in [0.15, 0.2) is 36.7 Å². The average molecular weight is 160 g/mol. The van der Waals surface area contributed by atoms with Crippen molar-refractivity contribution in [1.29, 1.82) is 0 Å². The van der Waals surface area contributed by atoms with Crippen molar-refractivity contribution < 1.29 is 0 Å². The summed E-state index contributed by atoms with van der Waals surface area (Å²) in [6, 6.07) is 4.59. The van der Waals surface area contributed by atoms with E-state index in [4.69, 9.17) is 0 Å². The van der Waals surface area contributed by atoms with Gasteiger partial charge in [0.2, 0.25) is 0 Å². The fourth-order valence-corrected chi connectivity index (χ4v) is 1.42. The zero-order chi connectivity index (χ0) is 8.23. The first-order valence-electron chi connectivity index (χ1n) is 4.27. The Hall–Kier alpha value is -1.31. The van der Waals surface area contributed by atoms with Crippen molar-refractivity contribution >= 4 is 5.69 Å². The minimum atomic E-state index is 0.590. The van der Waals surface area contributed by atoms with Gasteiger partial charge >= 0.3 is 0 Å². The molecule has 0 amide bonds. The van der Waals surface area contributed by atoms with Crippen LogP contribution in [0.5, 0.6) is 0 Å². The number of rotatable bonds is 2. The molecule has 1 N–H and O–H groups in total. The largest absolute Gasteiger partial charge is 0.382 e. The van der Waals surface area contributed by atoms with Crippen LogP contribution in [0.3, 0.4) is 0 Å². The molecule has 0 bridgehead atoms. The van der Waals surface area contributed by atoms with Gasteiger partial charge < -0.3 is 5.32 Å². The molecule has 12 heavy (non-hydrogen) atoms. The molecule has 2 heteroatoms. The highest BCUT2D eigenvalue weighted by Crippen LogP contribution is 2.15. The maximum Gasteiger partial charge on any atom is 0.0373 e. The predicted molar refractivity (Wildman–Crippen MR) is 50.0 cm³/mol. The Morgan fingerprint density at radius 1 is 1.17 bits per heavy atom. The van der Waals surface area contributed by atoms with Gasteiger partial charge in [-0.2, -0.15) is 0 Å². The quantitative estimate of drug-likeness (QED) is 0.671. The Labute approximate surface area is 72.3 Å². The molecule has 2 rings (SSSR count). The van der Waals surface area contributed by atoms with Gasteiger partial charge in [0.25, 0.3) is 0 Å². The summed E-state index contributed by atoms with van der Waals surface area (Å²) in [4.78, 5) is 3.96. The highest BCUT2D eigenvalue weighted by molar-refractivity contribution is 5.42. The summed E-state index contributed by atoms with van der Waals surface area (Å²) in [5, 5.41) is 3.44. The number of hydrogen-bond acceptors (Lipinski definition) is 2. The van der Waals surface area contributed by atoms with Gasteiger partial charge in [-0.3, -0.25) is 4.98 Å². The van der Waals surface area contributed by atoms with Crippen LogP contribution in [0.25, 0.3) is 0 Å². The Morgan fingerprint density at radius 2 is 1.83 bits per heavy atom. The van der Waals surface area contributed by atoms with Gasteiger partial charge in [-0.1, -0.05) is 12.2 Å². The van der Waals surface area contributed by atoms with Gasteiger partial charge in [0.05, 0.1) is 0 Å². The van der Waals surface area contributed by atoms with E-state index in [0.29, 0.717) is 6.04 Å². The smallest absolute Gasteiger partial charge is 0.0373 e. The zero-order valence-electron chi connectivity index (χ0n) is 6.90. The molecule has 0 saturated heterocycles. The van der Waals surface area contributed by atoms with Gasteiger partial charge in [0.1, 0.15) is 0 Å². The second kappa shape index (κ2) is 3.39. The Bertz CT molecular complexity index is 258. The fourth-order valence-electron chi connectivity index (χ4n) is 1.42. The number of anilines is 1. The number of nitrogens with one attached hydrogen (secondary N) is 1. The van der Waals surface area contributed by atoms with Crippen LogP contribution in [-0.4, -0.2) is 11.0 Å². The van der Waals surface area contributed by atoms with Crippen LogP contribution >= 0.6 is 0 Å². The minimum Gasteiger partial charge on any atom is -0.382 e. The van der Waals surface area contributed by atoms with Crippen LogP contribution < -0.4 is 5.32 Å². The lowest BCUT2D eigenvalue weighted by atomic mass is 10.2. The molecule has 1 aromatic heterocycles. The average Bonchev–Trinajstić information content (AvgIpc) is 2.59. The van der Waals surface area contributed by atoms with Gasteiger partial charge in [-0.05, 0) is 25.0 Å². The molecule has 0 spiro atoms. The molecule has 0 fully saturated rings. The highest BCUT2D eigenvalue weighted by atomic mass is 14.9. The molecule has 1 heterocycles. The Morgan fingerprint density at radius 3 is 2.50 bits per heavy atom. The zero-order valence-corrected chi connectivity index (χ0v) is 6.90. The maximum atomic E-state index is 3.96. The summed E-state index contributed by atoms with van der Waals surface area (Å²) in [6.45, 7) is 0. The molecule has 0 aliphatic heterocycles. The van der Waals surface area contributed by atoms with Crippen molar-refractivity contribution in [3.05, 3.63) is 36.7 Å². The molecule has 0 radical (unpaired) electrons. The van der Waals surface area contributed by atoms with E-state index in [0.717, 1.165) is 12.8 Å². The number of nitrogens with zero attached hydrogens (tertiary/aromatic N) is 1. The summed E-state index contributed by atoms with van der Waals surface area (Å²) >= 11 is 0. The van der Waals surface area contributed by atoms with Crippen LogP contribution in [-0.2, 0) is 0 Å². The fraction of sp³-hybridized carbons (Fsp3) is 0.300. The van der Waals surface area contributed by atoms with E-state index in [2.05, 4.69) is 22.5 Å². The third kappa shape index (κ3) is 1.64. The lowest BCUT2D eigenvalue weighted by Gasteiger charge is -2.12. The lowest BCUT2D eigenvalue weighted by molar-refractivity contribution is 0.786. The Balaban J connectivity index is 1.95. The minimum absolute atomic E-state index is 0.590. The van der Waals surface area contributed by atoms with Crippen molar-refractivity contribution in [1.82, 2.24) is 4.98 Å². The molecule has 0 atom stereocenters. The molecule has 0 unspecified atom stereocenters. The van der Waals surface area contributed by atoms with Gasteiger partial charge in [-0.25, -0.2) is 0 Å².